The summed E-state index contributed by atoms with van der Waals surface area (Å²) in [6.45, 7) is 0. The Kier molecular flexibility index (Phi) is 8.17. The van der Waals surface area contributed by atoms with Gasteiger partial charge >= 0.3 is 0 Å². The molecule has 0 aliphatic carbocycles. The van der Waals surface area contributed by atoms with Crippen molar-refractivity contribution in [3.05, 3.63) is 231 Å². The summed E-state index contributed by atoms with van der Waals surface area (Å²) in [6, 6.07) is 82.6. The molecule has 0 spiro atoms. The SMILES string of the molecule is c1ccc(-c2ccc(N(c3ccc(-c4ccccc4)cc3)c3cccc4oc5cc(-c6cccc7c6c6ccccc6n7-c6ccccc6)c6ccccc6c5c34)cc2)cc1. The molecule has 0 unspecified atom stereocenters. The Balaban J connectivity index is 1.09. The molecule has 3 nitrogen and oxygen atoms in total. The summed E-state index contributed by atoms with van der Waals surface area (Å²) in [7, 11) is 0. The zero-order valence-corrected chi connectivity index (χ0v) is 33.2. The summed E-state index contributed by atoms with van der Waals surface area (Å²) in [6.07, 6.45) is 0. The molecule has 2 heterocycles. The van der Waals surface area contributed by atoms with E-state index in [1.54, 1.807) is 0 Å². The lowest BCUT2D eigenvalue weighted by atomic mass is 9.92. The van der Waals surface area contributed by atoms with Crippen LogP contribution in [0.3, 0.4) is 0 Å². The van der Waals surface area contributed by atoms with Gasteiger partial charge in [-0.15, -0.1) is 0 Å². The lowest BCUT2D eigenvalue weighted by Gasteiger charge is -2.27. The summed E-state index contributed by atoms with van der Waals surface area (Å²) >= 11 is 0. The van der Waals surface area contributed by atoms with Gasteiger partial charge < -0.3 is 13.9 Å². The fraction of sp³-hybridized carbons (Fsp3) is 0. The molecule has 0 saturated heterocycles. The van der Waals surface area contributed by atoms with E-state index in [9.17, 15) is 0 Å². The topological polar surface area (TPSA) is 21.3 Å². The van der Waals surface area contributed by atoms with Crippen LogP contribution in [0.25, 0.3) is 93.6 Å². The fourth-order valence-corrected chi connectivity index (χ4v) is 9.46. The molecule has 3 heteroatoms. The molecule has 12 aromatic rings. The van der Waals surface area contributed by atoms with E-state index in [-0.39, 0.29) is 0 Å². The Hall–Kier alpha value is -8.14. The van der Waals surface area contributed by atoms with Crippen LogP contribution in [0.4, 0.5) is 17.1 Å². The van der Waals surface area contributed by atoms with Crippen LogP contribution in [0.15, 0.2) is 235 Å². The highest BCUT2D eigenvalue weighted by Gasteiger charge is 2.24. The van der Waals surface area contributed by atoms with Crippen LogP contribution in [0.5, 0.6) is 0 Å². The lowest BCUT2D eigenvalue weighted by molar-refractivity contribution is 0.669. The van der Waals surface area contributed by atoms with Crippen molar-refractivity contribution in [2.75, 3.05) is 4.90 Å². The van der Waals surface area contributed by atoms with Gasteiger partial charge in [0, 0.05) is 33.2 Å². The molecule has 10 aromatic carbocycles. The molecule has 0 radical (unpaired) electrons. The second kappa shape index (κ2) is 14.3. The molecule has 0 fully saturated rings. The summed E-state index contributed by atoms with van der Waals surface area (Å²) in [5.74, 6) is 0. The fourth-order valence-electron chi connectivity index (χ4n) is 9.46. The number of aromatic nitrogens is 1. The van der Waals surface area contributed by atoms with Crippen molar-refractivity contribution >= 4 is 71.6 Å². The first-order valence-corrected chi connectivity index (χ1v) is 20.8. The van der Waals surface area contributed by atoms with Crippen LogP contribution >= 0.6 is 0 Å². The number of furan rings is 1. The molecule has 2 aromatic heterocycles. The van der Waals surface area contributed by atoms with Gasteiger partial charge in [0.15, 0.2) is 0 Å². The normalized spacial score (nSPS) is 11.6. The standard InChI is InChI=1S/C58H38N2O/c1-4-16-39(17-5-1)41-30-34-44(35-31-41)59(45-36-32-42(33-37-45)40-18-6-2-7-19-40)53-28-15-29-54-58(53)57-47-23-11-10-22-46(47)50(38-55(57)61-54)48-25-14-27-52-56(48)49-24-12-13-26-51(49)60(52)43-20-8-3-9-21-43/h1-38H. The number of anilines is 3. The molecule has 12 rings (SSSR count). The van der Waals surface area contributed by atoms with Crippen molar-refractivity contribution in [2.45, 2.75) is 0 Å². The number of hydrogen-bond donors (Lipinski definition) is 0. The van der Waals surface area contributed by atoms with E-state index in [2.05, 4.69) is 240 Å². The van der Waals surface area contributed by atoms with Crippen molar-refractivity contribution < 1.29 is 4.42 Å². The third-order valence-corrected chi connectivity index (χ3v) is 12.2. The first-order valence-electron chi connectivity index (χ1n) is 20.8. The maximum Gasteiger partial charge on any atom is 0.137 e. The molecule has 0 aliphatic heterocycles. The van der Waals surface area contributed by atoms with Gasteiger partial charge in [-0.2, -0.15) is 0 Å². The van der Waals surface area contributed by atoms with Crippen molar-refractivity contribution in [1.82, 2.24) is 4.57 Å². The first kappa shape index (κ1) is 34.9. The number of hydrogen-bond acceptors (Lipinski definition) is 2. The van der Waals surface area contributed by atoms with Gasteiger partial charge in [0.25, 0.3) is 0 Å². The lowest BCUT2D eigenvalue weighted by Crippen LogP contribution is -2.10. The van der Waals surface area contributed by atoms with E-state index in [4.69, 9.17) is 4.42 Å². The predicted octanol–water partition coefficient (Wildman–Crippen LogP) is 16.3. The minimum Gasteiger partial charge on any atom is -0.456 e. The molecular weight excluding hydrogens is 741 g/mol. The summed E-state index contributed by atoms with van der Waals surface area (Å²) < 4.78 is 9.37. The second-order valence-corrected chi connectivity index (χ2v) is 15.6. The maximum atomic E-state index is 6.98. The number of fused-ring (bicyclic) bond motifs is 8. The number of nitrogens with zero attached hydrogens (tertiary/aromatic N) is 2. The molecule has 286 valence electrons. The highest BCUT2D eigenvalue weighted by molar-refractivity contribution is 6.27. The highest BCUT2D eigenvalue weighted by atomic mass is 16.3. The van der Waals surface area contributed by atoms with E-state index in [1.165, 1.54) is 55.0 Å². The molecule has 0 bridgehead atoms. The van der Waals surface area contributed by atoms with Gasteiger partial charge in [-0.05, 0) is 111 Å². The Labute approximate surface area is 353 Å². The maximum absolute atomic E-state index is 6.98. The van der Waals surface area contributed by atoms with Crippen molar-refractivity contribution in [1.29, 1.82) is 0 Å². The Morgan fingerprint density at radius 2 is 0.852 bits per heavy atom. The average molecular weight is 779 g/mol. The van der Waals surface area contributed by atoms with Gasteiger partial charge in [0.2, 0.25) is 0 Å². The molecule has 0 amide bonds. The number of benzene rings is 10. The quantitative estimate of drug-likeness (QED) is 0.161. The minimum absolute atomic E-state index is 0.848. The number of para-hydroxylation sites is 2. The van der Waals surface area contributed by atoms with E-state index in [1.807, 2.05) is 0 Å². The molecular formula is C58H38N2O. The summed E-state index contributed by atoms with van der Waals surface area (Å²) in [5, 5.41) is 6.98. The van der Waals surface area contributed by atoms with Gasteiger partial charge in [-0.1, -0.05) is 164 Å². The molecule has 0 saturated carbocycles. The van der Waals surface area contributed by atoms with Crippen LogP contribution in [-0.2, 0) is 0 Å². The van der Waals surface area contributed by atoms with E-state index in [0.717, 1.165) is 55.6 Å². The van der Waals surface area contributed by atoms with Gasteiger partial charge in [-0.25, -0.2) is 0 Å². The summed E-state index contributed by atoms with van der Waals surface area (Å²) in [4.78, 5) is 2.38. The highest BCUT2D eigenvalue weighted by Crippen LogP contribution is 2.48. The predicted molar refractivity (Wildman–Crippen MR) is 257 cm³/mol. The molecule has 61 heavy (non-hydrogen) atoms. The summed E-state index contributed by atoms with van der Waals surface area (Å²) in [5.41, 5.74) is 15.5. The van der Waals surface area contributed by atoms with Gasteiger partial charge in [-0.3, -0.25) is 0 Å². The smallest absolute Gasteiger partial charge is 0.137 e. The first-order chi connectivity index (χ1) is 30.3. The Morgan fingerprint density at radius 3 is 1.51 bits per heavy atom. The zero-order valence-electron chi connectivity index (χ0n) is 33.2. The van der Waals surface area contributed by atoms with Crippen LogP contribution < -0.4 is 4.90 Å². The van der Waals surface area contributed by atoms with Gasteiger partial charge in [0.05, 0.1) is 22.1 Å². The third kappa shape index (κ3) is 5.74. The average Bonchev–Trinajstić information content (AvgIpc) is 3.89. The van der Waals surface area contributed by atoms with Crippen molar-refractivity contribution in [3.8, 4) is 39.1 Å². The van der Waals surface area contributed by atoms with E-state index in [0.29, 0.717) is 0 Å². The van der Waals surface area contributed by atoms with Gasteiger partial charge in [0.1, 0.15) is 11.2 Å². The minimum atomic E-state index is 0.848. The molecule has 0 aliphatic rings. The zero-order chi connectivity index (χ0) is 40.3. The molecule has 0 N–H and O–H groups in total. The Bertz CT molecular complexity index is 3470. The van der Waals surface area contributed by atoms with Crippen molar-refractivity contribution in [2.24, 2.45) is 0 Å². The Morgan fingerprint density at radius 1 is 0.328 bits per heavy atom. The number of rotatable bonds is 7. The van der Waals surface area contributed by atoms with Crippen molar-refractivity contribution in [3.63, 3.8) is 0 Å². The second-order valence-electron chi connectivity index (χ2n) is 15.6. The van der Waals surface area contributed by atoms with E-state index < -0.39 is 0 Å². The van der Waals surface area contributed by atoms with Crippen LogP contribution in [0.1, 0.15) is 0 Å². The van der Waals surface area contributed by atoms with Crippen LogP contribution in [0, 0.1) is 0 Å². The monoisotopic (exact) mass is 778 g/mol. The third-order valence-electron chi connectivity index (χ3n) is 12.2. The van der Waals surface area contributed by atoms with E-state index >= 15 is 0 Å². The largest absolute Gasteiger partial charge is 0.456 e. The molecule has 0 atom stereocenters. The van der Waals surface area contributed by atoms with Crippen LogP contribution in [-0.4, -0.2) is 4.57 Å². The van der Waals surface area contributed by atoms with Crippen LogP contribution in [0.2, 0.25) is 0 Å².